The van der Waals surface area contributed by atoms with Crippen LogP contribution in [0.3, 0.4) is 0 Å². The molecule has 0 unspecified atom stereocenters. The number of halogens is 1. The number of amides is 2. The van der Waals surface area contributed by atoms with Gasteiger partial charge in [0.25, 0.3) is 5.91 Å². The average molecular weight is 297 g/mol. The molecule has 6 heteroatoms. The molecule has 1 saturated heterocycles. The lowest BCUT2D eigenvalue weighted by Crippen LogP contribution is -2.42. The molecular weight excluding hydrogens is 280 g/mol. The number of nitrogens with one attached hydrogen (secondary N) is 1. The summed E-state index contributed by atoms with van der Waals surface area (Å²) >= 11 is 5.99. The normalized spacial score (nSPS) is 16.0. The molecule has 0 saturated carbocycles. The number of nitrogens with zero attached hydrogens (tertiary/aromatic N) is 1. The van der Waals surface area contributed by atoms with Crippen LogP contribution < -0.4 is 5.32 Å². The molecule has 1 fully saturated rings. The first-order chi connectivity index (χ1) is 9.52. The smallest absolute Gasteiger partial charge is 0.255 e. The molecule has 20 heavy (non-hydrogen) atoms. The highest BCUT2D eigenvalue weighted by Gasteiger charge is 2.28. The first kappa shape index (κ1) is 14.7. The fraction of sp³-hybridized carbons (Fsp3) is 0.429. The number of phenolic OH excluding ortho intramolecular Hbond substituents is 1. The monoisotopic (exact) mass is 296 g/mol. The van der Waals surface area contributed by atoms with Crippen molar-refractivity contribution in [3.8, 4) is 5.75 Å². The average Bonchev–Trinajstić information content (AvgIpc) is 2.48. The van der Waals surface area contributed by atoms with Crippen LogP contribution in [0, 0.1) is 5.92 Å². The van der Waals surface area contributed by atoms with Gasteiger partial charge in [-0.1, -0.05) is 11.6 Å². The number of carbonyl (C=O) groups is 2. The summed E-state index contributed by atoms with van der Waals surface area (Å²) < 4.78 is 0. The van der Waals surface area contributed by atoms with Crippen molar-refractivity contribution in [2.75, 3.05) is 20.1 Å². The van der Waals surface area contributed by atoms with Gasteiger partial charge < -0.3 is 15.3 Å². The minimum absolute atomic E-state index is 0.0120. The lowest BCUT2D eigenvalue weighted by Gasteiger charge is -2.31. The van der Waals surface area contributed by atoms with E-state index in [1.54, 1.807) is 11.9 Å². The van der Waals surface area contributed by atoms with Gasteiger partial charge in [-0.3, -0.25) is 9.59 Å². The van der Waals surface area contributed by atoms with Crippen molar-refractivity contribution in [2.45, 2.75) is 12.8 Å². The molecule has 0 aliphatic carbocycles. The summed E-state index contributed by atoms with van der Waals surface area (Å²) in [4.78, 5) is 25.6. The summed E-state index contributed by atoms with van der Waals surface area (Å²) in [5.74, 6) is -0.213. The van der Waals surface area contributed by atoms with Gasteiger partial charge >= 0.3 is 0 Å². The van der Waals surface area contributed by atoms with Crippen LogP contribution in [-0.4, -0.2) is 42.0 Å². The summed E-state index contributed by atoms with van der Waals surface area (Å²) in [7, 11) is 1.62. The summed E-state index contributed by atoms with van der Waals surface area (Å²) in [5, 5.41) is 12.4. The molecule has 0 radical (unpaired) electrons. The lowest BCUT2D eigenvalue weighted by molar-refractivity contribution is -0.125. The molecule has 1 heterocycles. The van der Waals surface area contributed by atoms with Crippen molar-refractivity contribution in [3.05, 3.63) is 28.8 Å². The number of likely N-dealkylation sites (tertiary alicyclic amines) is 1. The fourth-order valence-electron chi connectivity index (χ4n) is 2.40. The molecule has 0 aromatic heterocycles. The minimum atomic E-state index is -0.207. The largest absolute Gasteiger partial charge is 0.508 e. The second kappa shape index (κ2) is 6.13. The fourth-order valence-corrected chi connectivity index (χ4v) is 2.59. The predicted octanol–water partition coefficient (Wildman–Crippen LogP) is 1.64. The maximum atomic E-state index is 12.3. The molecule has 1 aliphatic heterocycles. The standard InChI is InChI=1S/C14H17ClN2O3/c1-16-13(19)9-4-6-17(7-5-9)14(20)11-8-10(18)2-3-12(11)15/h2-3,8-9,18H,4-7H2,1H3,(H,16,19). The van der Waals surface area contributed by atoms with Crippen molar-refractivity contribution < 1.29 is 14.7 Å². The minimum Gasteiger partial charge on any atom is -0.508 e. The highest BCUT2D eigenvalue weighted by Crippen LogP contribution is 2.25. The third-order valence-corrected chi connectivity index (χ3v) is 3.91. The highest BCUT2D eigenvalue weighted by molar-refractivity contribution is 6.33. The first-order valence-electron chi connectivity index (χ1n) is 6.52. The zero-order valence-corrected chi connectivity index (χ0v) is 12.0. The van der Waals surface area contributed by atoms with Gasteiger partial charge in [-0.15, -0.1) is 0 Å². The Morgan fingerprint density at radius 2 is 2.00 bits per heavy atom. The van der Waals surface area contributed by atoms with Gasteiger partial charge in [-0.25, -0.2) is 0 Å². The van der Waals surface area contributed by atoms with Crippen LogP contribution in [0.4, 0.5) is 0 Å². The van der Waals surface area contributed by atoms with E-state index in [0.29, 0.717) is 36.5 Å². The number of piperidine rings is 1. The van der Waals surface area contributed by atoms with Crippen molar-refractivity contribution in [3.63, 3.8) is 0 Å². The summed E-state index contributed by atoms with van der Waals surface area (Å²) in [5.41, 5.74) is 0.296. The molecule has 1 aliphatic rings. The van der Waals surface area contributed by atoms with Crippen LogP contribution in [0.1, 0.15) is 23.2 Å². The van der Waals surface area contributed by atoms with E-state index in [4.69, 9.17) is 11.6 Å². The molecular formula is C14H17ClN2O3. The van der Waals surface area contributed by atoms with E-state index < -0.39 is 0 Å². The van der Waals surface area contributed by atoms with E-state index in [9.17, 15) is 14.7 Å². The molecule has 1 aromatic rings. The summed E-state index contributed by atoms with van der Waals surface area (Å²) in [6, 6.07) is 4.31. The molecule has 1 aromatic carbocycles. The molecule has 108 valence electrons. The van der Waals surface area contributed by atoms with Crippen LogP contribution in [0.25, 0.3) is 0 Å². The van der Waals surface area contributed by atoms with Gasteiger partial charge in [0.05, 0.1) is 10.6 Å². The summed E-state index contributed by atoms with van der Waals surface area (Å²) in [6.07, 6.45) is 1.28. The summed E-state index contributed by atoms with van der Waals surface area (Å²) in [6.45, 7) is 1.03. The van der Waals surface area contributed by atoms with Crippen molar-refractivity contribution >= 4 is 23.4 Å². The molecule has 2 N–H and O–H groups in total. The van der Waals surface area contributed by atoms with Crippen LogP contribution in [0.15, 0.2) is 18.2 Å². The van der Waals surface area contributed by atoms with Crippen molar-refractivity contribution in [2.24, 2.45) is 5.92 Å². The number of hydrogen-bond donors (Lipinski definition) is 2. The Hall–Kier alpha value is -1.75. The van der Waals surface area contributed by atoms with E-state index >= 15 is 0 Å². The number of carbonyl (C=O) groups excluding carboxylic acids is 2. The third-order valence-electron chi connectivity index (χ3n) is 3.58. The molecule has 0 spiro atoms. The Morgan fingerprint density at radius 1 is 1.35 bits per heavy atom. The van der Waals surface area contributed by atoms with E-state index in [2.05, 4.69) is 5.32 Å². The molecule has 2 amide bonds. The maximum Gasteiger partial charge on any atom is 0.255 e. The Kier molecular flexibility index (Phi) is 4.49. The Balaban J connectivity index is 2.05. The third kappa shape index (κ3) is 3.04. The van der Waals surface area contributed by atoms with Crippen LogP contribution >= 0.6 is 11.6 Å². The SMILES string of the molecule is CNC(=O)C1CCN(C(=O)c2cc(O)ccc2Cl)CC1. The van der Waals surface area contributed by atoms with Gasteiger partial charge in [-0.2, -0.15) is 0 Å². The van der Waals surface area contributed by atoms with Crippen molar-refractivity contribution in [1.29, 1.82) is 0 Å². The van der Waals surface area contributed by atoms with Gasteiger partial charge in [0.2, 0.25) is 5.91 Å². The molecule has 0 bridgehead atoms. The van der Waals surface area contributed by atoms with E-state index in [-0.39, 0.29) is 23.5 Å². The number of hydrogen-bond acceptors (Lipinski definition) is 3. The predicted molar refractivity (Wildman–Crippen MR) is 75.8 cm³/mol. The van der Waals surface area contributed by atoms with Gasteiger partial charge in [0.1, 0.15) is 5.75 Å². The van der Waals surface area contributed by atoms with Gasteiger partial charge in [0.15, 0.2) is 0 Å². The topological polar surface area (TPSA) is 69.6 Å². The molecule has 5 nitrogen and oxygen atoms in total. The lowest BCUT2D eigenvalue weighted by atomic mass is 9.95. The quantitative estimate of drug-likeness (QED) is 0.872. The second-order valence-corrected chi connectivity index (χ2v) is 5.25. The maximum absolute atomic E-state index is 12.3. The number of aromatic hydroxyl groups is 1. The second-order valence-electron chi connectivity index (χ2n) is 4.84. The van der Waals surface area contributed by atoms with Crippen molar-refractivity contribution in [1.82, 2.24) is 10.2 Å². The van der Waals surface area contributed by atoms with Crippen LogP contribution in [0.2, 0.25) is 5.02 Å². The van der Waals surface area contributed by atoms with E-state index in [1.807, 2.05) is 0 Å². The van der Waals surface area contributed by atoms with Gasteiger partial charge in [-0.05, 0) is 31.0 Å². The molecule has 0 atom stereocenters. The number of rotatable bonds is 2. The number of phenols is 1. The molecule has 2 rings (SSSR count). The Bertz CT molecular complexity index is 525. The zero-order valence-electron chi connectivity index (χ0n) is 11.2. The van der Waals surface area contributed by atoms with E-state index in [1.165, 1.54) is 18.2 Å². The Morgan fingerprint density at radius 3 is 2.60 bits per heavy atom. The highest BCUT2D eigenvalue weighted by atomic mass is 35.5. The first-order valence-corrected chi connectivity index (χ1v) is 6.90. The van der Waals surface area contributed by atoms with Crippen LogP contribution in [0.5, 0.6) is 5.75 Å². The van der Waals surface area contributed by atoms with Crippen LogP contribution in [-0.2, 0) is 4.79 Å². The van der Waals surface area contributed by atoms with E-state index in [0.717, 1.165) is 0 Å². The zero-order chi connectivity index (χ0) is 14.7. The number of benzene rings is 1. The van der Waals surface area contributed by atoms with Gasteiger partial charge in [0, 0.05) is 26.1 Å². The Labute approximate surface area is 122 Å².